The second-order valence-corrected chi connectivity index (χ2v) is 11.9. The minimum Gasteiger partial charge on any atom is -0.323 e. The topological polar surface area (TPSA) is 65.5 Å². The minimum absolute atomic E-state index is 0.0246. The van der Waals surface area contributed by atoms with Gasteiger partial charge in [-0.15, -0.1) is 11.3 Å². The average molecular weight is 455 g/mol. The molecule has 32 heavy (non-hydrogen) atoms. The third-order valence-electron chi connectivity index (χ3n) is 7.84. The van der Waals surface area contributed by atoms with Crippen LogP contribution in [0.1, 0.15) is 76.8 Å². The van der Waals surface area contributed by atoms with Gasteiger partial charge in [0.05, 0.1) is 22.9 Å². The van der Waals surface area contributed by atoms with Gasteiger partial charge in [-0.2, -0.15) is 0 Å². The summed E-state index contributed by atoms with van der Waals surface area (Å²) in [5, 5.41) is 4.20. The molecule has 2 aromatic rings. The van der Waals surface area contributed by atoms with Crippen molar-refractivity contribution in [1.29, 1.82) is 0 Å². The fourth-order valence-corrected chi connectivity index (χ4v) is 6.91. The van der Waals surface area contributed by atoms with E-state index in [1.807, 2.05) is 12.1 Å². The number of amides is 3. The molecule has 2 saturated heterocycles. The molecule has 1 aromatic carbocycles. The van der Waals surface area contributed by atoms with Gasteiger partial charge < -0.3 is 5.32 Å². The van der Waals surface area contributed by atoms with Crippen molar-refractivity contribution in [3.63, 3.8) is 0 Å². The van der Waals surface area contributed by atoms with Gasteiger partial charge in [-0.3, -0.25) is 9.69 Å². The zero-order chi connectivity index (χ0) is 22.5. The van der Waals surface area contributed by atoms with Crippen LogP contribution in [0.5, 0.6) is 0 Å². The van der Waals surface area contributed by atoms with Crippen LogP contribution < -0.4 is 5.32 Å². The van der Waals surface area contributed by atoms with Gasteiger partial charge in [0, 0.05) is 6.54 Å². The smallest absolute Gasteiger partial charge is 0.323 e. The second-order valence-electron chi connectivity index (χ2n) is 10.9. The van der Waals surface area contributed by atoms with Crippen LogP contribution in [-0.4, -0.2) is 45.5 Å². The SMILES string of the molecule is CC(C)(C)C1CCC2(CC1)NC(=O)N(CN1CCCCC1c1nc3ccccc3s1)C2=O. The molecule has 3 fully saturated rings. The normalized spacial score (nSPS) is 29.8. The number of carbonyl (C=O) groups excluding carboxylic acids is 2. The molecule has 1 aliphatic carbocycles. The molecule has 2 aliphatic heterocycles. The Bertz CT molecular complexity index is 985. The molecule has 0 bridgehead atoms. The van der Waals surface area contributed by atoms with Crippen molar-refractivity contribution in [1.82, 2.24) is 20.1 Å². The summed E-state index contributed by atoms with van der Waals surface area (Å²) >= 11 is 1.73. The summed E-state index contributed by atoms with van der Waals surface area (Å²) in [5.41, 5.74) is 0.577. The number of carbonyl (C=O) groups is 2. The number of aromatic nitrogens is 1. The fraction of sp³-hybridized carbons (Fsp3) is 0.640. The Hall–Kier alpha value is -1.99. The Kier molecular flexibility index (Phi) is 5.53. The van der Waals surface area contributed by atoms with Crippen LogP contribution >= 0.6 is 11.3 Å². The number of piperidine rings is 1. The van der Waals surface area contributed by atoms with E-state index >= 15 is 0 Å². The number of hydrogen-bond donors (Lipinski definition) is 1. The van der Waals surface area contributed by atoms with Crippen LogP contribution in [0.2, 0.25) is 0 Å². The highest BCUT2D eigenvalue weighted by Crippen LogP contribution is 2.44. The summed E-state index contributed by atoms with van der Waals surface area (Å²) in [6.07, 6.45) is 6.72. The van der Waals surface area contributed by atoms with Gasteiger partial charge in [0.15, 0.2) is 0 Å². The summed E-state index contributed by atoms with van der Waals surface area (Å²) < 4.78 is 1.19. The monoisotopic (exact) mass is 454 g/mol. The lowest BCUT2D eigenvalue weighted by Gasteiger charge is -2.41. The molecule has 3 heterocycles. The van der Waals surface area contributed by atoms with E-state index in [2.05, 4.69) is 43.1 Å². The molecule has 5 rings (SSSR count). The van der Waals surface area contributed by atoms with Gasteiger partial charge in [0.2, 0.25) is 0 Å². The number of thiazole rings is 1. The highest BCUT2D eigenvalue weighted by atomic mass is 32.1. The second kappa shape index (κ2) is 8.10. The molecule has 0 radical (unpaired) electrons. The zero-order valence-electron chi connectivity index (χ0n) is 19.4. The molecule has 1 N–H and O–H groups in total. The molecule has 172 valence electrons. The van der Waals surface area contributed by atoms with Gasteiger partial charge in [-0.25, -0.2) is 14.7 Å². The number of nitrogens with one attached hydrogen (secondary N) is 1. The van der Waals surface area contributed by atoms with Gasteiger partial charge in [-0.05, 0) is 62.0 Å². The summed E-state index contributed by atoms with van der Waals surface area (Å²) in [6.45, 7) is 8.06. The Labute approximate surface area is 194 Å². The lowest BCUT2D eigenvalue weighted by molar-refractivity contribution is -0.135. The van der Waals surface area contributed by atoms with Crippen molar-refractivity contribution < 1.29 is 9.59 Å². The van der Waals surface area contributed by atoms with Gasteiger partial charge >= 0.3 is 6.03 Å². The van der Waals surface area contributed by atoms with E-state index in [4.69, 9.17) is 4.98 Å². The molecule has 1 unspecified atom stereocenters. The molecule has 3 aliphatic rings. The van der Waals surface area contributed by atoms with E-state index in [9.17, 15) is 9.59 Å². The molecule has 1 spiro atoms. The van der Waals surface area contributed by atoms with Crippen LogP contribution in [0.3, 0.4) is 0 Å². The van der Waals surface area contributed by atoms with Crippen molar-refractivity contribution in [2.45, 2.75) is 77.3 Å². The highest BCUT2D eigenvalue weighted by Gasteiger charge is 2.53. The lowest BCUT2D eigenvalue weighted by atomic mass is 9.67. The molecular formula is C25H34N4O2S. The molecule has 1 atom stereocenters. The molecular weight excluding hydrogens is 420 g/mol. The molecule has 3 amide bonds. The van der Waals surface area contributed by atoms with Crippen LogP contribution in [0.4, 0.5) is 4.79 Å². The van der Waals surface area contributed by atoms with Crippen molar-refractivity contribution in [3.05, 3.63) is 29.3 Å². The number of urea groups is 1. The first-order valence-electron chi connectivity index (χ1n) is 12.0. The quantitative estimate of drug-likeness (QED) is 0.639. The predicted molar refractivity (Wildman–Crippen MR) is 127 cm³/mol. The maximum Gasteiger partial charge on any atom is 0.326 e. The first kappa shape index (κ1) is 21.8. The number of imide groups is 1. The summed E-state index contributed by atoms with van der Waals surface area (Å²) in [4.78, 5) is 35.1. The third-order valence-corrected chi connectivity index (χ3v) is 8.98. The Morgan fingerprint density at radius 1 is 1.12 bits per heavy atom. The Morgan fingerprint density at radius 2 is 1.88 bits per heavy atom. The van der Waals surface area contributed by atoms with Crippen LogP contribution in [-0.2, 0) is 4.79 Å². The summed E-state index contributed by atoms with van der Waals surface area (Å²) in [7, 11) is 0. The third kappa shape index (κ3) is 3.83. The predicted octanol–water partition coefficient (Wildman–Crippen LogP) is 5.31. The van der Waals surface area contributed by atoms with Crippen molar-refractivity contribution in [2.75, 3.05) is 13.2 Å². The van der Waals surface area contributed by atoms with Crippen LogP contribution in [0.15, 0.2) is 24.3 Å². The van der Waals surface area contributed by atoms with Crippen molar-refractivity contribution in [3.8, 4) is 0 Å². The average Bonchev–Trinajstić information content (AvgIpc) is 3.29. The van der Waals surface area contributed by atoms with Gasteiger partial charge in [0.25, 0.3) is 5.91 Å². The Morgan fingerprint density at radius 3 is 2.59 bits per heavy atom. The zero-order valence-corrected chi connectivity index (χ0v) is 20.2. The number of likely N-dealkylation sites (tertiary alicyclic amines) is 1. The molecule has 6 nitrogen and oxygen atoms in total. The van der Waals surface area contributed by atoms with E-state index in [-0.39, 0.29) is 23.4 Å². The van der Waals surface area contributed by atoms with Crippen LogP contribution in [0, 0.1) is 11.3 Å². The number of hydrogen-bond acceptors (Lipinski definition) is 5. The van der Waals surface area contributed by atoms with E-state index < -0.39 is 5.54 Å². The molecule has 1 aromatic heterocycles. The molecule has 1 saturated carbocycles. The standard InChI is InChI=1S/C25H34N4O2S/c1-24(2,3)17-11-13-25(14-12-17)22(30)29(23(31)27-25)16-28-15-7-6-9-19(28)21-26-18-8-4-5-10-20(18)32-21/h4-5,8,10,17,19H,6-7,9,11-16H2,1-3H3,(H,27,31). The van der Waals surface area contributed by atoms with E-state index in [1.54, 1.807) is 11.3 Å². The maximum atomic E-state index is 13.5. The number of nitrogens with zero attached hydrogens (tertiary/aromatic N) is 3. The van der Waals surface area contributed by atoms with Crippen LogP contribution in [0.25, 0.3) is 10.2 Å². The van der Waals surface area contributed by atoms with E-state index in [0.717, 1.165) is 62.0 Å². The fourth-order valence-electron chi connectivity index (χ4n) is 5.77. The first-order valence-corrected chi connectivity index (χ1v) is 12.8. The van der Waals surface area contributed by atoms with Gasteiger partial charge in [-0.1, -0.05) is 39.3 Å². The maximum absolute atomic E-state index is 13.5. The first-order chi connectivity index (χ1) is 15.3. The largest absolute Gasteiger partial charge is 0.326 e. The minimum atomic E-state index is -0.694. The van der Waals surface area contributed by atoms with Crippen molar-refractivity contribution in [2.24, 2.45) is 11.3 Å². The van der Waals surface area contributed by atoms with Crippen molar-refractivity contribution >= 4 is 33.5 Å². The lowest BCUT2D eigenvalue weighted by Crippen LogP contribution is -2.51. The number of rotatable bonds is 3. The number of para-hydroxylation sites is 1. The van der Waals surface area contributed by atoms with E-state index in [1.165, 1.54) is 9.60 Å². The van der Waals surface area contributed by atoms with E-state index in [0.29, 0.717) is 12.6 Å². The summed E-state index contributed by atoms with van der Waals surface area (Å²) in [5.74, 6) is 0.570. The van der Waals surface area contributed by atoms with Gasteiger partial charge in [0.1, 0.15) is 10.5 Å². The summed E-state index contributed by atoms with van der Waals surface area (Å²) in [6, 6.07) is 8.17. The Balaban J connectivity index is 1.32. The molecule has 7 heteroatoms. The highest BCUT2D eigenvalue weighted by molar-refractivity contribution is 7.18. The number of fused-ring (bicyclic) bond motifs is 1. The number of benzene rings is 1.